The Balaban J connectivity index is 2.08. The zero-order valence-corrected chi connectivity index (χ0v) is 10.7. The van der Waals surface area contributed by atoms with Crippen LogP contribution in [0.15, 0.2) is 18.2 Å². The molecule has 0 spiro atoms. The van der Waals surface area contributed by atoms with Crippen molar-refractivity contribution in [1.82, 2.24) is 0 Å². The van der Waals surface area contributed by atoms with E-state index in [1.807, 2.05) is 0 Å². The van der Waals surface area contributed by atoms with E-state index in [1.54, 1.807) is 0 Å². The Morgan fingerprint density at radius 1 is 1.37 bits per heavy atom. The fourth-order valence-corrected chi connectivity index (χ4v) is 2.51. The van der Waals surface area contributed by atoms with Crippen LogP contribution in [-0.4, -0.2) is 17.0 Å². The molecule has 5 nitrogen and oxygen atoms in total. The summed E-state index contributed by atoms with van der Waals surface area (Å²) in [6, 6.07) is 3.52. The molecule has 0 aromatic heterocycles. The molecule has 0 aliphatic heterocycles. The van der Waals surface area contributed by atoms with Crippen LogP contribution in [0.5, 0.6) is 0 Å². The van der Waals surface area contributed by atoms with Crippen LogP contribution < -0.4 is 11.1 Å². The predicted molar refractivity (Wildman–Crippen MR) is 71.5 cm³/mol. The van der Waals surface area contributed by atoms with Crippen molar-refractivity contribution in [3.8, 4) is 0 Å². The molecule has 0 unspecified atom stereocenters. The summed E-state index contributed by atoms with van der Waals surface area (Å²) in [5.41, 5.74) is 6.01. The van der Waals surface area contributed by atoms with Crippen LogP contribution in [0, 0.1) is 15.9 Å². The van der Waals surface area contributed by atoms with E-state index in [9.17, 15) is 14.5 Å². The van der Waals surface area contributed by atoms with E-state index in [0.717, 1.165) is 31.7 Å². The number of nitrogens with one attached hydrogen (secondary N) is 1. The first-order valence-corrected chi connectivity index (χ1v) is 6.47. The lowest BCUT2D eigenvalue weighted by molar-refractivity contribution is -0.384. The van der Waals surface area contributed by atoms with Gasteiger partial charge in [0.25, 0.3) is 5.69 Å². The summed E-state index contributed by atoms with van der Waals surface area (Å²) in [6.07, 6.45) is 5.19. The van der Waals surface area contributed by atoms with E-state index in [4.69, 9.17) is 5.73 Å². The van der Waals surface area contributed by atoms with Crippen molar-refractivity contribution >= 4 is 11.4 Å². The second-order valence-corrected chi connectivity index (χ2v) is 5.20. The van der Waals surface area contributed by atoms with Crippen LogP contribution >= 0.6 is 0 Å². The largest absolute Gasteiger partial charge is 0.378 e. The van der Waals surface area contributed by atoms with E-state index >= 15 is 0 Å². The second-order valence-electron chi connectivity index (χ2n) is 5.20. The number of hydrogen-bond acceptors (Lipinski definition) is 4. The molecule has 0 atom stereocenters. The first kappa shape index (κ1) is 13.7. The standard InChI is InChI=1S/C13H18FN3O2/c14-10-4-5-11(12(8-10)17(18)19)16-9-13(15)6-2-1-3-7-13/h4-5,8,16H,1-3,6-7,9,15H2. The summed E-state index contributed by atoms with van der Waals surface area (Å²) in [7, 11) is 0. The number of benzene rings is 1. The smallest absolute Gasteiger partial charge is 0.295 e. The molecular weight excluding hydrogens is 249 g/mol. The van der Waals surface area contributed by atoms with Gasteiger partial charge in [-0.3, -0.25) is 10.1 Å². The quantitative estimate of drug-likeness (QED) is 0.649. The molecule has 0 amide bonds. The number of rotatable bonds is 4. The number of anilines is 1. The van der Waals surface area contributed by atoms with Gasteiger partial charge in [-0.1, -0.05) is 19.3 Å². The average molecular weight is 267 g/mol. The van der Waals surface area contributed by atoms with Crippen LogP contribution in [0.25, 0.3) is 0 Å². The Hall–Kier alpha value is -1.69. The van der Waals surface area contributed by atoms with Gasteiger partial charge in [-0.05, 0) is 25.0 Å². The van der Waals surface area contributed by atoms with E-state index in [2.05, 4.69) is 5.32 Å². The van der Waals surface area contributed by atoms with Gasteiger partial charge >= 0.3 is 0 Å². The number of nitro benzene ring substituents is 1. The molecule has 0 bridgehead atoms. The number of nitro groups is 1. The summed E-state index contributed by atoms with van der Waals surface area (Å²) in [4.78, 5) is 10.3. The molecule has 2 rings (SSSR count). The maximum atomic E-state index is 13.0. The predicted octanol–water partition coefficient (Wildman–Crippen LogP) is 2.81. The molecule has 1 aromatic carbocycles. The topological polar surface area (TPSA) is 81.2 Å². The van der Waals surface area contributed by atoms with Crippen molar-refractivity contribution in [2.75, 3.05) is 11.9 Å². The van der Waals surface area contributed by atoms with Gasteiger partial charge in [0.05, 0.1) is 11.0 Å². The van der Waals surface area contributed by atoms with E-state index < -0.39 is 10.7 Å². The molecule has 1 aliphatic rings. The third-order valence-corrected chi connectivity index (χ3v) is 3.64. The van der Waals surface area contributed by atoms with E-state index in [1.165, 1.54) is 18.6 Å². The van der Waals surface area contributed by atoms with Gasteiger partial charge in [0, 0.05) is 12.1 Å². The van der Waals surface area contributed by atoms with Crippen molar-refractivity contribution < 1.29 is 9.31 Å². The van der Waals surface area contributed by atoms with Crippen molar-refractivity contribution in [1.29, 1.82) is 0 Å². The van der Waals surface area contributed by atoms with Gasteiger partial charge in [-0.25, -0.2) is 4.39 Å². The van der Waals surface area contributed by atoms with Gasteiger partial charge < -0.3 is 11.1 Å². The zero-order chi connectivity index (χ0) is 13.9. The molecule has 1 aromatic rings. The van der Waals surface area contributed by atoms with Crippen LogP contribution in [0.2, 0.25) is 0 Å². The highest BCUT2D eigenvalue weighted by Gasteiger charge is 2.28. The van der Waals surface area contributed by atoms with Crippen LogP contribution in [0.3, 0.4) is 0 Å². The molecule has 0 radical (unpaired) electrons. The fourth-order valence-electron chi connectivity index (χ4n) is 2.51. The summed E-state index contributed by atoms with van der Waals surface area (Å²) in [5, 5.41) is 13.9. The van der Waals surface area contributed by atoms with Crippen molar-refractivity contribution in [2.45, 2.75) is 37.6 Å². The molecule has 1 fully saturated rings. The normalized spacial score (nSPS) is 18.0. The zero-order valence-electron chi connectivity index (χ0n) is 10.7. The average Bonchev–Trinajstić information content (AvgIpc) is 2.38. The molecule has 104 valence electrons. The first-order chi connectivity index (χ1) is 9.00. The monoisotopic (exact) mass is 267 g/mol. The van der Waals surface area contributed by atoms with Crippen LogP contribution in [0.4, 0.5) is 15.8 Å². The maximum absolute atomic E-state index is 13.0. The van der Waals surface area contributed by atoms with Gasteiger partial charge in [0.1, 0.15) is 11.5 Å². The number of nitrogens with zero attached hydrogens (tertiary/aromatic N) is 1. The Kier molecular flexibility index (Phi) is 3.99. The molecule has 3 N–H and O–H groups in total. The Labute approximate surface area is 111 Å². The fraction of sp³-hybridized carbons (Fsp3) is 0.538. The molecule has 0 heterocycles. The molecule has 1 aliphatic carbocycles. The Morgan fingerprint density at radius 3 is 2.68 bits per heavy atom. The highest BCUT2D eigenvalue weighted by molar-refractivity contribution is 5.61. The van der Waals surface area contributed by atoms with Crippen molar-refractivity contribution in [2.24, 2.45) is 5.73 Å². The third kappa shape index (κ3) is 3.41. The summed E-state index contributed by atoms with van der Waals surface area (Å²) < 4.78 is 13.0. The summed E-state index contributed by atoms with van der Waals surface area (Å²) in [6.45, 7) is 0.472. The van der Waals surface area contributed by atoms with Gasteiger partial charge in [0.15, 0.2) is 0 Å². The minimum absolute atomic E-state index is 0.251. The van der Waals surface area contributed by atoms with Crippen LogP contribution in [0.1, 0.15) is 32.1 Å². The SMILES string of the molecule is NC1(CNc2ccc(F)cc2[N+](=O)[O-])CCCCC1. The minimum atomic E-state index is -0.614. The Bertz CT molecular complexity index is 473. The molecule has 6 heteroatoms. The highest BCUT2D eigenvalue weighted by atomic mass is 19.1. The van der Waals surface area contributed by atoms with Gasteiger partial charge in [-0.2, -0.15) is 0 Å². The lowest BCUT2D eigenvalue weighted by Crippen LogP contribution is -2.47. The number of nitrogens with two attached hydrogens (primary N) is 1. The van der Waals surface area contributed by atoms with Crippen molar-refractivity contribution in [3.63, 3.8) is 0 Å². The Morgan fingerprint density at radius 2 is 2.05 bits per heavy atom. The lowest BCUT2D eigenvalue weighted by Gasteiger charge is -2.33. The maximum Gasteiger partial charge on any atom is 0.295 e. The number of halogens is 1. The van der Waals surface area contributed by atoms with E-state index in [-0.39, 0.29) is 11.2 Å². The number of hydrogen-bond donors (Lipinski definition) is 2. The first-order valence-electron chi connectivity index (χ1n) is 6.47. The lowest BCUT2D eigenvalue weighted by atomic mass is 9.82. The van der Waals surface area contributed by atoms with Gasteiger partial charge in [0.2, 0.25) is 0 Å². The van der Waals surface area contributed by atoms with Crippen molar-refractivity contribution in [3.05, 3.63) is 34.1 Å². The third-order valence-electron chi connectivity index (χ3n) is 3.64. The molecule has 19 heavy (non-hydrogen) atoms. The molecule has 0 saturated heterocycles. The second kappa shape index (κ2) is 5.52. The molecular formula is C13H18FN3O2. The summed E-state index contributed by atoms with van der Waals surface area (Å²) >= 11 is 0. The van der Waals surface area contributed by atoms with E-state index in [0.29, 0.717) is 12.2 Å². The van der Waals surface area contributed by atoms with Crippen LogP contribution in [-0.2, 0) is 0 Å². The minimum Gasteiger partial charge on any atom is -0.378 e. The highest BCUT2D eigenvalue weighted by Crippen LogP contribution is 2.29. The molecule has 1 saturated carbocycles. The van der Waals surface area contributed by atoms with Gasteiger partial charge in [-0.15, -0.1) is 0 Å². The summed E-state index contributed by atoms with van der Waals surface area (Å²) in [5.74, 6) is -0.614.